The van der Waals surface area contributed by atoms with Gasteiger partial charge in [-0.2, -0.15) is 0 Å². The Morgan fingerprint density at radius 3 is 2.95 bits per heavy atom. The van der Waals surface area contributed by atoms with Gasteiger partial charge in [0, 0.05) is 22.5 Å². The predicted octanol–water partition coefficient (Wildman–Crippen LogP) is 4.80. The van der Waals surface area contributed by atoms with Crippen LogP contribution in [0.25, 0.3) is 0 Å². The topological polar surface area (TPSA) is 51.2 Å². The predicted molar refractivity (Wildman–Crippen MR) is 92.9 cm³/mol. The Morgan fingerprint density at radius 1 is 1.32 bits per heavy atom. The standard InChI is InChI=1S/C15H11BrN2O2S2/c16-14-4-10(7-22-14)15(19)18-11-2-1-3-13(5-11)20-6-12-8-21-9-17-12/h1-5,7-9H,6H2,(H,18,19). The number of benzene rings is 1. The largest absolute Gasteiger partial charge is 0.487 e. The van der Waals surface area contributed by atoms with Gasteiger partial charge in [0.1, 0.15) is 12.4 Å². The summed E-state index contributed by atoms with van der Waals surface area (Å²) >= 11 is 6.36. The molecule has 0 saturated carbocycles. The van der Waals surface area contributed by atoms with Crippen LogP contribution < -0.4 is 10.1 Å². The van der Waals surface area contributed by atoms with Crippen molar-refractivity contribution in [1.29, 1.82) is 0 Å². The molecule has 3 aromatic rings. The summed E-state index contributed by atoms with van der Waals surface area (Å²) in [6.07, 6.45) is 0. The van der Waals surface area contributed by atoms with Crippen molar-refractivity contribution in [1.82, 2.24) is 4.98 Å². The summed E-state index contributed by atoms with van der Waals surface area (Å²) < 4.78 is 6.60. The van der Waals surface area contributed by atoms with E-state index in [1.807, 2.05) is 29.0 Å². The summed E-state index contributed by atoms with van der Waals surface area (Å²) in [4.78, 5) is 16.3. The van der Waals surface area contributed by atoms with Crippen LogP contribution in [0.1, 0.15) is 16.1 Å². The molecule has 0 bridgehead atoms. The summed E-state index contributed by atoms with van der Waals surface area (Å²) in [5.74, 6) is 0.552. The number of hydrogen-bond acceptors (Lipinski definition) is 5. The van der Waals surface area contributed by atoms with Crippen LogP contribution in [0.4, 0.5) is 5.69 Å². The van der Waals surface area contributed by atoms with Gasteiger partial charge in [-0.15, -0.1) is 22.7 Å². The molecule has 0 unspecified atom stereocenters. The molecule has 0 atom stereocenters. The number of aromatic nitrogens is 1. The number of hydrogen-bond donors (Lipinski definition) is 1. The maximum absolute atomic E-state index is 12.1. The van der Waals surface area contributed by atoms with Crippen LogP contribution >= 0.6 is 38.6 Å². The SMILES string of the molecule is O=C(Nc1cccc(OCc2cscn2)c1)c1csc(Br)c1. The van der Waals surface area contributed by atoms with Crippen molar-refractivity contribution in [2.24, 2.45) is 0 Å². The van der Waals surface area contributed by atoms with E-state index in [1.165, 1.54) is 22.7 Å². The Kier molecular flexibility index (Phi) is 4.87. The maximum Gasteiger partial charge on any atom is 0.256 e. The van der Waals surface area contributed by atoms with Gasteiger partial charge < -0.3 is 10.1 Å². The van der Waals surface area contributed by atoms with Crippen molar-refractivity contribution in [2.75, 3.05) is 5.32 Å². The van der Waals surface area contributed by atoms with E-state index in [9.17, 15) is 4.79 Å². The Labute approximate surface area is 143 Å². The van der Waals surface area contributed by atoms with Crippen LogP contribution in [0.3, 0.4) is 0 Å². The molecule has 7 heteroatoms. The molecule has 1 amide bonds. The molecule has 0 aliphatic rings. The second kappa shape index (κ2) is 7.04. The van der Waals surface area contributed by atoms with Gasteiger partial charge in [-0.3, -0.25) is 4.79 Å². The smallest absolute Gasteiger partial charge is 0.256 e. The fourth-order valence-electron chi connectivity index (χ4n) is 1.76. The molecule has 2 aromatic heterocycles. The first-order valence-corrected chi connectivity index (χ1v) is 8.97. The molecule has 0 radical (unpaired) electrons. The third-order valence-electron chi connectivity index (χ3n) is 2.79. The molecule has 0 spiro atoms. The number of anilines is 1. The number of carbonyl (C=O) groups is 1. The maximum atomic E-state index is 12.1. The molecule has 1 aromatic carbocycles. The number of thiazole rings is 1. The van der Waals surface area contributed by atoms with E-state index in [4.69, 9.17) is 4.74 Å². The summed E-state index contributed by atoms with van der Waals surface area (Å²) in [5.41, 5.74) is 3.99. The monoisotopic (exact) mass is 394 g/mol. The molecule has 112 valence electrons. The number of ether oxygens (including phenoxy) is 1. The Morgan fingerprint density at radius 2 is 2.23 bits per heavy atom. The molecular formula is C15H11BrN2O2S2. The van der Waals surface area contributed by atoms with E-state index < -0.39 is 0 Å². The summed E-state index contributed by atoms with van der Waals surface area (Å²) in [7, 11) is 0. The van der Waals surface area contributed by atoms with Gasteiger partial charge in [-0.05, 0) is 34.1 Å². The zero-order valence-electron chi connectivity index (χ0n) is 11.3. The lowest BCUT2D eigenvalue weighted by atomic mass is 10.2. The third-order valence-corrected chi connectivity index (χ3v) is 4.93. The Balaban J connectivity index is 1.64. The summed E-state index contributed by atoms with van der Waals surface area (Å²) in [6, 6.07) is 9.11. The van der Waals surface area contributed by atoms with Crippen molar-refractivity contribution >= 4 is 50.2 Å². The lowest BCUT2D eigenvalue weighted by molar-refractivity contribution is 0.102. The number of nitrogens with zero attached hydrogens (tertiary/aromatic N) is 1. The fourth-order valence-corrected chi connectivity index (χ4v) is 3.44. The van der Waals surface area contributed by atoms with Gasteiger partial charge in [-0.25, -0.2) is 4.98 Å². The lowest BCUT2D eigenvalue weighted by Gasteiger charge is -2.08. The van der Waals surface area contributed by atoms with Crippen LogP contribution in [0.5, 0.6) is 5.75 Å². The molecule has 0 fully saturated rings. The van der Waals surface area contributed by atoms with Crippen LogP contribution in [0, 0.1) is 0 Å². The lowest BCUT2D eigenvalue weighted by Crippen LogP contribution is -2.10. The highest BCUT2D eigenvalue weighted by atomic mass is 79.9. The first-order valence-electron chi connectivity index (χ1n) is 6.36. The molecule has 2 heterocycles. The zero-order chi connectivity index (χ0) is 15.4. The molecular weight excluding hydrogens is 384 g/mol. The average molecular weight is 395 g/mol. The molecule has 0 aliphatic carbocycles. The number of carbonyl (C=O) groups excluding carboxylic acids is 1. The number of thiophene rings is 1. The van der Waals surface area contributed by atoms with Gasteiger partial charge in [0.2, 0.25) is 0 Å². The van der Waals surface area contributed by atoms with Gasteiger partial charge in [0.05, 0.1) is 20.6 Å². The molecule has 0 aliphatic heterocycles. The quantitative estimate of drug-likeness (QED) is 0.675. The Bertz CT molecular complexity index is 771. The van der Waals surface area contributed by atoms with E-state index >= 15 is 0 Å². The minimum absolute atomic E-state index is 0.140. The number of nitrogens with one attached hydrogen (secondary N) is 1. The van der Waals surface area contributed by atoms with Crippen molar-refractivity contribution in [3.8, 4) is 5.75 Å². The minimum Gasteiger partial charge on any atom is -0.487 e. The van der Waals surface area contributed by atoms with Crippen molar-refractivity contribution in [2.45, 2.75) is 6.61 Å². The summed E-state index contributed by atoms with van der Waals surface area (Å²) in [5, 5.41) is 6.61. The number of halogens is 1. The van der Waals surface area contributed by atoms with Gasteiger partial charge in [-0.1, -0.05) is 6.07 Å². The van der Waals surface area contributed by atoms with Crippen molar-refractivity contribution in [3.05, 3.63) is 61.6 Å². The zero-order valence-corrected chi connectivity index (χ0v) is 14.5. The first-order chi connectivity index (χ1) is 10.7. The molecule has 4 nitrogen and oxygen atoms in total. The van der Waals surface area contributed by atoms with Gasteiger partial charge >= 0.3 is 0 Å². The highest BCUT2D eigenvalue weighted by Crippen LogP contribution is 2.23. The third kappa shape index (κ3) is 3.94. The van der Waals surface area contributed by atoms with Crippen LogP contribution in [0.2, 0.25) is 0 Å². The highest BCUT2D eigenvalue weighted by Gasteiger charge is 2.08. The van der Waals surface area contributed by atoms with Crippen molar-refractivity contribution in [3.63, 3.8) is 0 Å². The number of rotatable bonds is 5. The van der Waals surface area contributed by atoms with Crippen LogP contribution in [0.15, 0.2) is 50.4 Å². The first kappa shape index (κ1) is 15.2. The normalized spacial score (nSPS) is 10.4. The van der Waals surface area contributed by atoms with E-state index in [2.05, 4.69) is 26.2 Å². The number of amides is 1. The van der Waals surface area contributed by atoms with E-state index in [1.54, 1.807) is 17.6 Å². The Hall–Kier alpha value is -1.70. The molecule has 22 heavy (non-hydrogen) atoms. The minimum atomic E-state index is -0.140. The van der Waals surface area contributed by atoms with Gasteiger partial charge in [0.25, 0.3) is 5.91 Å². The highest BCUT2D eigenvalue weighted by molar-refractivity contribution is 9.11. The van der Waals surface area contributed by atoms with Crippen LogP contribution in [-0.2, 0) is 6.61 Å². The summed E-state index contributed by atoms with van der Waals surface area (Å²) in [6.45, 7) is 0.415. The van der Waals surface area contributed by atoms with Crippen molar-refractivity contribution < 1.29 is 9.53 Å². The van der Waals surface area contributed by atoms with E-state index in [0.717, 1.165) is 9.48 Å². The van der Waals surface area contributed by atoms with Crippen LogP contribution in [-0.4, -0.2) is 10.9 Å². The molecule has 1 N–H and O–H groups in total. The molecule has 3 rings (SSSR count). The fraction of sp³-hybridized carbons (Fsp3) is 0.0667. The van der Waals surface area contributed by atoms with Gasteiger partial charge in [0.15, 0.2) is 0 Å². The second-order valence-corrected chi connectivity index (χ2v) is 7.40. The molecule has 0 saturated heterocycles. The average Bonchev–Trinajstić information content (AvgIpc) is 3.17. The van der Waals surface area contributed by atoms with E-state index in [-0.39, 0.29) is 5.91 Å². The van der Waals surface area contributed by atoms with E-state index in [0.29, 0.717) is 23.6 Å². The second-order valence-electron chi connectivity index (χ2n) is 4.39.